The zero-order chi connectivity index (χ0) is 13.6. The van der Waals surface area contributed by atoms with Gasteiger partial charge in [-0.2, -0.15) is 0 Å². The van der Waals surface area contributed by atoms with Crippen molar-refractivity contribution >= 4 is 5.78 Å². The van der Waals surface area contributed by atoms with Gasteiger partial charge in [0.05, 0.1) is 12.2 Å². The van der Waals surface area contributed by atoms with Gasteiger partial charge in [0.2, 0.25) is 0 Å². The molecule has 0 saturated carbocycles. The van der Waals surface area contributed by atoms with Gasteiger partial charge in [0.15, 0.2) is 5.78 Å². The summed E-state index contributed by atoms with van der Waals surface area (Å²) in [5.41, 5.74) is -0.0947. The molecule has 0 saturated heterocycles. The fraction of sp³-hybridized carbons (Fsp3) is 0.667. The van der Waals surface area contributed by atoms with Crippen LogP contribution in [0.5, 0.6) is 0 Å². The lowest BCUT2D eigenvalue weighted by Crippen LogP contribution is -2.46. The van der Waals surface area contributed by atoms with Crippen LogP contribution in [0.2, 0.25) is 0 Å². The first kappa shape index (κ1) is 13.5. The fourth-order valence-electron chi connectivity index (χ4n) is 3.13. The van der Waals surface area contributed by atoms with E-state index in [2.05, 4.69) is 13.0 Å². The molecule has 2 N–H and O–H groups in total. The van der Waals surface area contributed by atoms with Crippen molar-refractivity contribution in [3.05, 3.63) is 23.8 Å². The Hall–Kier alpha value is -0.930. The standard InChI is InChI=1S/C15H22O3/c1-10-13(17)7-6-11-4-5-12(8-14(10,11)2)15(3,18)9-16/h4,6-7,10,12,16,18H,5,8-9H2,1-3H3/t10-,12-,14+,15+/m1/s1. The smallest absolute Gasteiger partial charge is 0.159 e. The lowest BCUT2D eigenvalue weighted by molar-refractivity contribution is -0.122. The molecular formula is C15H22O3. The number of ketones is 1. The Morgan fingerprint density at radius 2 is 2.17 bits per heavy atom. The predicted octanol–water partition coefficient (Wildman–Crippen LogP) is 1.85. The monoisotopic (exact) mass is 250 g/mol. The van der Waals surface area contributed by atoms with E-state index in [-0.39, 0.29) is 29.6 Å². The highest BCUT2D eigenvalue weighted by Gasteiger charge is 2.46. The summed E-state index contributed by atoms with van der Waals surface area (Å²) in [6.07, 6.45) is 7.17. The molecule has 2 aliphatic rings. The zero-order valence-corrected chi connectivity index (χ0v) is 11.3. The van der Waals surface area contributed by atoms with E-state index < -0.39 is 5.60 Å². The molecule has 0 radical (unpaired) electrons. The van der Waals surface area contributed by atoms with Gasteiger partial charge in [0.1, 0.15) is 0 Å². The van der Waals surface area contributed by atoms with Crippen LogP contribution in [0.3, 0.4) is 0 Å². The van der Waals surface area contributed by atoms with E-state index in [1.54, 1.807) is 13.0 Å². The lowest BCUT2D eigenvalue weighted by atomic mass is 9.58. The number of carbonyl (C=O) groups is 1. The Labute approximate surface area is 108 Å². The van der Waals surface area contributed by atoms with Crippen LogP contribution in [0.1, 0.15) is 33.6 Å². The maximum absolute atomic E-state index is 11.9. The van der Waals surface area contributed by atoms with Gasteiger partial charge >= 0.3 is 0 Å². The number of carbonyl (C=O) groups excluding carboxylic acids is 1. The highest BCUT2D eigenvalue weighted by molar-refractivity contribution is 5.94. The summed E-state index contributed by atoms with van der Waals surface area (Å²) < 4.78 is 0. The van der Waals surface area contributed by atoms with E-state index in [9.17, 15) is 15.0 Å². The second kappa shape index (κ2) is 4.32. The second-order valence-electron chi connectivity index (χ2n) is 6.19. The quantitative estimate of drug-likeness (QED) is 0.786. The number of rotatable bonds is 2. The molecule has 0 aromatic heterocycles. The van der Waals surface area contributed by atoms with E-state index in [1.165, 1.54) is 5.57 Å². The van der Waals surface area contributed by atoms with Crippen molar-refractivity contribution in [3.63, 3.8) is 0 Å². The molecule has 0 aliphatic heterocycles. The molecule has 3 heteroatoms. The van der Waals surface area contributed by atoms with Crippen molar-refractivity contribution in [2.45, 2.75) is 39.2 Å². The van der Waals surface area contributed by atoms with Crippen LogP contribution in [0, 0.1) is 17.3 Å². The van der Waals surface area contributed by atoms with Crippen LogP contribution >= 0.6 is 0 Å². The maximum atomic E-state index is 11.9. The largest absolute Gasteiger partial charge is 0.393 e. The summed E-state index contributed by atoms with van der Waals surface area (Å²) in [6, 6.07) is 0. The molecular weight excluding hydrogens is 228 g/mol. The van der Waals surface area contributed by atoms with Crippen LogP contribution in [0.4, 0.5) is 0 Å². The molecule has 0 aromatic rings. The van der Waals surface area contributed by atoms with E-state index >= 15 is 0 Å². The Kier molecular flexibility index (Phi) is 3.24. The van der Waals surface area contributed by atoms with Gasteiger partial charge in [-0.1, -0.05) is 26.0 Å². The average molecular weight is 250 g/mol. The minimum Gasteiger partial charge on any atom is -0.393 e. The molecule has 2 aliphatic carbocycles. The highest BCUT2D eigenvalue weighted by Crippen LogP contribution is 2.50. The molecule has 0 bridgehead atoms. The van der Waals surface area contributed by atoms with Crippen molar-refractivity contribution in [1.82, 2.24) is 0 Å². The number of fused-ring (bicyclic) bond motifs is 1. The van der Waals surface area contributed by atoms with Crippen molar-refractivity contribution in [2.24, 2.45) is 17.3 Å². The summed E-state index contributed by atoms with van der Waals surface area (Å²) in [5, 5.41) is 19.5. The summed E-state index contributed by atoms with van der Waals surface area (Å²) in [5.74, 6) is 0.0861. The second-order valence-corrected chi connectivity index (χ2v) is 6.19. The number of aliphatic hydroxyl groups is 2. The van der Waals surface area contributed by atoms with Crippen LogP contribution in [0.25, 0.3) is 0 Å². The Morgan fingerprint density at radius 3 is 2.78 bits per heavy atom. The van der Waals surface area contributed by atoms with Gasteiger partial charge in [0, 0.05) is 11.3 Å². The zero-order valence-electron chi connectivity index (χ0n) is 11.3. The molecule has 0 amide bonds. The minimum absolute atomic E-state index is 0.00185. The van der Waals surface area contributed by atoms with Crippen LogP contribution in [-0.2, 0) is 4.79 Å². The lowest BCUT2D eigenvalue weighted by Gasteiger charge is -2.46. The summed E-state index contributed by atoms with van der Waals surface area (Å²) >= 11 is 0. The van der Waals surface area contributed by atoms with Gasteiger partial charge in [-0.25, -0.2) is 0 Å². The Balaban J connectivity index is 2.34. The molecule has 18 heavy (non-hydrogen) atoms. The molecule has 0 spiro atoms. The normalized spacial score (nSPS) is 38.9. The molecule has 0 unspecified atom stereocenters. The average Bonchev–Trinajstić information content (AvgIpc) is 2.34. The number of allylic oxidation sites excluding steroid dienone is 4. The van der Waals surface area contributed by atoms with Gasteiger partial charge in [-0.3, -0.25) is 4.79 Å². The van der Waals surface area contributed by atoms with E-state index in [0.29, 0.717) is 0 Å². The molecule has 4 atom stereocenters. The third-order valence-corrected chi connectivity index (χ3v) is 4.96. The van der Waals surface area contributed by atoms with Gasteiger partial charge in [-0.05, 0) is 37.3 Å². The summed E-state index contributed by atoms with van der Waals surface area (Å²) in [6.45, 7) is 5.47. The van der Waals surface area contributed by atoms with Gasteiger partial charge in [0.25, 0.3) is 0 Å². The molecule has 0 heterocycles. The van der Waals surface area contributed by atoms with Crippen molar-refractivity contribution in [1.29, 1.82) is 0 Å². The third-order valence-electron chi connectivity index (χ3n) is 4.96. The SMILES string of the molecule is C[C@@H]1C(=O)C=CC2=CC[C@@H]([C@@](C)(O)CO)C[C@]21C. The predicted molar refractivity (Wildman–Crippen MR) is 69.9 cm³/mol. The first-order valence-electron chi connectivity index (χ1n) is 6.57. The molecule has 3 nitrogen and oxygen atoms in total. The first-order chi connectivity index (χ1) is 8.31. The van der Waals surface area contributed by atoms with Crippen LogP contribution in [-0.4, -0.2) is 28.2 Å². The van der Waals surface area contributed by atoms with Crippen LogP contribution in [0.15, 0.2) is 23.8 Å². The topological polar surface area (TPSA) is 57.5 Å². The number of hydrogen-bond donors (Lipinski definition) is 2. The molecule has 0 fully saturated rings. The van der Waals surface area contributed by atoms with Gasteiger partial charge in [-0.15, -0.1) is 0 Å². The highest BCUT2D eigenvalue weighted by atomic mass is 16.3. The maximum Gasteiger partial charge on any atom is 0.159 e. The minimum atomic E-state index is -1.07. The molecule has 2 rings (SSSR count). The Morgan fingerprint density at radius 1 is 1.50 bits per heavy atom. The van der Waals surface area contributed by atoms with E-state index in [1.807, 2.05) is 13.0 Å². The van der Waals surface area contributed by atoms with Crippen molar-refractivity contribution in [3.8, 4) is 0 Å². The number of hydrogen-bond acceptors (Lipinski definition) is 3. The van der Waals surface area contributed by atoms with Crippen LogP contribution < -0.4 is 0 Å². The van der Waals surface area contributed by atoms with Crippen molar-refractivity contribution < 1.29 is 15.0 Å². The molecule has 0 aromatic carbocycles. The van der Waals surface area contributed by atoms with E-state index in [4.69, 9.17) is 0 Å². The number of aliphatic hydroxyl groups excluding tert-OH is 1. The summed E-state index contributed by atoms with van der Waals surface area (Å²) in [7, 11) is 0. The van der Waals surface area contributed by atoms with Gasteiger partial charge < -0.3 is 10.2 Å². The Bertz CT molecular complexity index is 419. The fourth-order valence-corrected chi connectivity index (χ4v) is 3.13. The summed E-state index contributed by atoms with van der Waals surface area (Å²) in [4.78, 5) is 11.9. The van der Waals surface area contributed by atoms with E-state index in [0.717, 1.165) is 12.8 Å². The molecule has 100 valence electrons. The third kappa shape index (κ3) is 1.95. The first-order valence-corrected chi connectivity index (χ1v) is 6.57. The van der Waals surface area contributed by atoms with Crippen molar-refractivity contribution in [2.75, 3.05) is 6.61 Å².